The minimum absolute atomic E-state index is 0.424. The average Bonchev–Trinajstić information content (AvgIpc) is 2.62. The van der Waals surface area contributed by atoms with E-state index in [9.17, 15) is 5.26 Å². The van der Waals surface area contributed by atoms with Crippen molar-refractivity contribution in [2.24, 2.45) is 4.99 Å². The molecule has 0 unspecified atom stereocenters. The van der Waals surface area contributed by atoms with Crippen molar-refractivity contribution >= 4 is 34.6 Å². The van der Waals surface area contributed by atoms with E-state index >= 15 is 0 Å². The Morgan fingerprint density at radius 3 is 2.91 bits per heavy atom. The third-order valence-electron chi connectivity index (χ3n) is 3.94. The van der Waals surface area contributed by atoms with Crippen molar-refractivity contribution in [3.8, 4) is 11.9 Å². The lowest BCUT2D eigenvalue weighted by atomic mass is 10.1. The second-order valence-electron chi connectivity index (χ2n) is 5.18. The number of hydrogen-bond acceptors (Lipinski definition) is 8. The van der Waals surface area contributed by atoms with Crippen LogP contribution in [0.25, 0.3) is 10.8 Å². The summed E-state index contributed by atoms with van der Waals surface area (Å²) in [6.07, 6.45) is 1.55. The molecule has 2 aromatic rings. The van der Waals surface area contributed by atoms with E-state index in [1.54, 1.807) is 19.5 Å². The number of methoxy groups -OCH3 is 1. The van der Waals surface area contributed by atoms with Gasteiger partial charge in [0.1, 0.15) is 23.3 Å². The summed E-state index contributed by atoms with van der Waals surface area (Å²) in [6, 6.07) is 4.04. The molecule has 0 saturated carbocycles. The van der Waals surface area contributed by atoms with Gasteiger partial charge >= 0.3 is 0 Å². The van der Waals surface area contributed by atoms with Gasteiger partial charge in [0.15, 0.2) is 5.82 Å². The second-order valence-corrected chi connectivity index (χ2v) is 5.18. The first kappa shape index (κ1) is 13.7. The largest absolute Gasteiger partial charge is 0.481 e. The van der Waals surface area contributed by atoms with Crippen LogP contribution in [0.4, 0.5) is 17.5 Å². The molecule has 2 aliphatic rings. The molecule has 0 atom stereocenters. The van der Waals surface area contributed by atoms with Gasteiger partial charge in [-0.2, -0.15) is 10.2 Å². The summed E-state index contributed by atoms with van der Waals surface area (Å²) < 4.78 is 10.6. The Balaban J connectivity index is 2.01. The Hall–Kier alpha value is -2.92. The van der Waals surface area contributed by atoms with Crippen LogP contribution in [0.5, 0.6) is 5.88 Å². The van der Waals surface area contributed by atoms with Gasteiger partial charge < -0.3 is 19.7 Å². The fourth-order valence-electron chi connectivity index (χ4n) is 2.85. The van der Waals surface area contributed by atoms with Crippen molar-refractivity contribution in [3.63, 3.8) is 0 Å². The van der Waals surface area contributed by atoms with E-state index in [0.717, 1.165) is 10.8 Å². The van der Waals surface area contributed by atoms with Gasteiger partial charge in [0.25, 0.3) is 0 Å². The molecule has 0 spiro atoms. The van der Waals surface area contributed by atoms with Gasteiger partial charge in [-0.15, -0.1) is 0 Å². The molecule has 2 aliphatic heterocycles. The number of pyridine rings is 2. The number of aromatic nitrogens is 2. The molecule has 1 N–H and O–H groups in total. The molecule has 8 nitrogen and oxygen atoms in total. The molecule has 4 rings (SSSR count). The minimum Gasteiger partial charge on any atom is -0.481 e. The highest BCUT2D eigenvalue weighted by molar-refractivity contribution is 6.09. The number of nitriles is 1. The first-order valence-corrected chi connectivity index (χ1v) is 7.26. The van der Waals surface area contributed by atoms with E-state index in [2.05, 4.69) is 31.2 Å². The minimum atomic E-state index is 0.424. The van der Waals surface area contributed by atoms with Crippen LogP contribution in [0.2, 0.25) is 0 Å². The molecule has 116 valence electrons. The first-order valence-electron chi connectivity index (χ1n) is 7.26. The highest BCUT2D eigenvalue weighted by Gasteiger charge is 2.24. The van der Waals surface area contributed by atoms with Crippen LogP contribution in [-0.4, -0.2) is 49.7 Å². The zero-order valence-corrected chi connectivity index (χ0v) is 12.5. The summed E-state index contributed by atoms with van der Waals surface area (Å²) in [5, 5.41) is 14.2. The van der Waals surface area contributed by atoms with E-state index in [1.165, 1.54) is 0 Å². The maximum atomic E-state index is 9.72. The van der Waals surface area contributed by atoms with Crippen LogP contribution in [0.3, 0.4) is 0 Å². The van der Waals surface area contributed by atoms with Crippen molar-refractivity contribution in [1.29, 1.82) is 5.26 Å². The molecule has 2 aromatic heterocycles. The lowest BCUT2D eigenvalue weighted by molar-refractivity contribution is 0.122. The van der Waals surface area contributed by atoms with Crippen LogP contribution in [0.15, 0.2) is 11.1 Å². The topological polar surface area (TPSA) is 95.7 Å². The lowest BCUT2D eigenvalue weighted by Gasteiger charge is -2.29. The quantitative estimate of drug-likeness (QED) is 0.896. The second kappa shape index (κ2) is 5.37. The molecule has 0 aromatic carbocycles. The number of morpholine rings is 1. The van der Waals surface area contributed by atoms with Crippen molar-refractivity contribution < 1.29 is 9.47 Å². The predicted octanol–water partition coefficient (Wildman–Crippen LogP) is 1.43. The number of ether oxygens (including phenoxy) is 2. The van der Waals surface area contributed by atoms with Crippen molar-refractivity contribution in [1.82, 2.24) is 9.97 Å². The van der Waals surface area contributed by atoms with Gasteiger partial charge in [0, 0.05) is 24.5 Å². The zero-order chi connectivity index (χ0) is 15.8. The number of aliphatic imine (C=N–C) groups is 1. The SMILES string of the molecule is COc1cc2c(C#N)c(N3CCOCC3)nc3c2c(n1)N=CN3. The first-order chi connectivity index (χ1) is 11.3. The highest BCUT2D eigenvalue weighted by atomic mass is 16.5. The van der Waals surface area contributed by atoms with E-state index in [-0.39, 0.29) is 0 Å². The molecule has 0 radical (unpaired) electrons. The van der Waals surface area contributed by atoms with E-state index in [0.29, 0.717) is 55.2 Å². The molecule has 0 bridgehead atoms. The molecular weight excluding hydrogens is 296 g/mol. The molecule has 8 heteroatoms. The van der Waals surface area contributed by atoms with Gasteiger partial charge in [0.05, 0.1) is 32.0 Å². The molecular formula is C15H14N6O2. The van der Waals surface area contributed by atoms with Crippen molar-refractivity contribution in [2.45, 2.75) is 0 Å². The van der Waals surface area contributed by atoms with Gasteiger partial charge in [0.2, 0.25) is 5.88 Å². The Kier molecular flexibility index (Phi) is 3.20. The Labute approximate surface area is 132 Å². The summed E-state index contributed by atoms with van der Waals surface area (Å²) >= 11 is 0. The van der Waals surface area contributed by atoms with Crippen LogP contribution < -0.4 is 15.0 Å². The third kappa shape index (κ3) is 2.13. The number of nitrogens with zero attached hydrogens (tertiary/aromatic N) is 5. The molecule has 1 saturated heterocycles. The van der Waals surface area contributed by atoms with Crippen LogP contribution in [-0.2, 0) is 4.74 Å². The average molecular weight is 310 g/mol. The molecule has 4 heterocycles. The van der Waals surface area contributed by atoms with E-state index in [4.69, 9.17) is 9.47 Å². The maximum absolute atomic E-state index is 9.72. The summed E-state index contributed by atoms with van der Waals surface area (Å²) in [5.41, 5.74) is 0.506. The number of nitrogens with one attached hydrogen (secondary N) is 1. The van der Waals surface area contributed by atoms with E-state index < -0.39 is 0 Å². The number of anilines is 2. The summed E-state index contributed by atoms with van der Waals surface area (Å²) in [6.45, 7) is 2.66. The molecule has 23 heavy (non-hydrogen) atoms. The zero-order valence-electron chi connectivity index (χ0n) is 12.5. The maximum Gasteiger partial charge on any atom is 0.215 e. The Morgan fingerprint density at radius 2 is 2.17 bits per heavy atom. The van der Waals surface area contributed by atoms with Crippen LogP contribution in [0.1, 0.15) is 5.56 Å². The molecule has 1 fully saturated rings. The Bertz CT molecular complexity index is 851. The number of hydrogen-bond donors (Lipinski definition) is 1. The summed E-state index contributed by atoms with van der Waals surface area (Å²) in [7, 11) is 1.54. The highest BCUT2D eigenvalue weighted by Crippen LogP contribution is 2.39. The molecule has 0 amide bonds. The standard InChI is InChI=1S/C15H14N6O2/c1-22-11-6-9-10(7-16)15(21-2-4-23-5-3-21)20-14-12(9)13(19-11)17-8-18-14/h6,8H,2-5H2,1H3,(H,17,18,19,20). The van der Waals surface area contributed by atoms with Gasteiger partial charge in [-0.05, 0) is 0 Å². The predicted molar refractivity (Wildman–Crippen MR) is 85.6 cm³/mol. The number of rotatable bonds is 2. The Morgan fingerprint density at radius 1 is 1.35 bits per heavy atom. The van der Waals surface area contributed by atoms with Crippen molar-refractivity contribution in [3.05, 3.63) is 11.6 Å². The van der Waals surface area contributed by atoms with Gasteiger partial charge in [-0.1, -0.05) is 0 Å². The van der Waals surface area contributed by atoms with Crippen molar-refractivity contribution in [2.75, 3.05) is 43.6 Å². The smallest absolute Gasteiger partial charge is 0.215 e. The monoisotopic (exact) mass is 310 g/mol. The molecule has 0 aliphatic carbocycles. The van der Waals surface area contributed by atoms with E-state index in [1.807, 2.05) is 0 Å². The fourth-order valence-corrected chi connectivity index (χ4v) is 2.85. The van der Waals surface area contributed by atoms with Crippen LogP contribution >= 0.6 is 0 Å². The summed E-state index contributed by atoms with van der Waals surface area (Å²) in [4.78, 5) is 15.3. The fraction of sp³-hybridized carbons (Fsp3) is 0.333. The summed E-state index contributed by atoms with van der Waals surface area (Å²) in [5.74, 6) is 2.24. The van der Waals surface area contributed by atoms with Gasteiger partial charge in [-0.25, -0.2) is 9.98 Å². The lowest BCUT2D eigenvalue weighted by Crippen LogP contribution is -2.37. The normalized spacial score (nSPS) is 16.1. The third-order valence-corrected chi connectivity index (χ3v) is 3.94. The van der Waals surface area contributed by atoms with Gasteiger partial charge in [-0.3, -0.25) is 0 Å². The van der Waals surface area contributed by atoms with Crippen LogP contribution in [0, 0.1) is 11.3 Å².